The Hall–Kier alpha value is -2.45. The Morgan fingerprint density at radius 1 is 0.875 bits per heavy atom. The molecule has 0 heterocycles. The molecule has 0 aromatic heterocycles. The number of hydrogen-bond donors (Lipinski definition) is 0. The molecule has 0 spiro atoms. The summed E-state index contributed by atoms with van der Waals surface area (Å²) in [5.74, 6) is 4.40. The van der Waals surface area contributed by atoms with Crippen LogP contribution in [0, 0.1) is 41.1 Å². The number of benzene rings is 2. The zero-order valence-corrected chi connectivity index (χ0v) is 18.6. The maximum atomic E-state index is 15.0. The van der Waals surface area contributed by atoms with Gasteiger partial charge in [-0.3, -0.25) is 0 Å². The Morgan fingerprint density at radius 3 is 2.34 bits per heavy atom. The fourth-order valence-electron chi connectivity index (χ4n) is 5.35. The highest BCUT2D eigenvalue weighted by Crippen LogP contribution is 2.47. The minimum Gasteiger partial charge on any atom is -0.497 e. The molecular weight excluding hydrogens is 413 g/mol. The molecule has 4 rings (SSSR count). The Bertz CT molecular complexity index is 1020. The molecule has 2 aliphatic rings. The standard InChI is InChI=1S/C27H29F3O2/c1-3-32-23-12-9-19-14-21(7-6-20(19)15-23)24-13-10-18(26(29)27(24)30)5-4-17-8-11-22(31-2)16-25(17)28/h8,10-11,13,16,19-21,23H,3,6-7,9,12,14-15H2,1-2H3. The van der Waals surface area contributed by atoms with Crippen LogP contribution in [-0.2, 0) is 4.74 Å². The molecule has 5 heteroatoms. The Labute approximate surface area is 188 Å². The van der Waals surface area contributed by atoms with Crippen LogP contribution >= 0.6 is 0 Å². The van der Waals surface area contributed by atoms with E-state index < -0.39 is 17.5 Å². The van der Waals surface area contributed by atoms with E-state index in [0.29, 0.717) is 29.3 Å². The van der Waals surface area contributed by atoms with Crippen molar-refractivity contribution in [3.63, 3.8) is 0 Å². The summed E-state index contributed by atoms with van der Waals surface area (Å²) >= 11 is 0. The topological polar surface area (TPSA) is 18.5 Å². The second-order valence-corrected chi connectivity index (χ2v) is 8.85. The van der Waals surface area contributed by atoms with Gasteiger partial charge in [0.1, 0.15) is 11.6 Å². The zero-order chi connectivity index (χ0) is 22.7. The zero-order valence-electron chi connectivity index (χ0n) is 18.6. The third-order valence-electron chi connectivity index (χ3n) is 7.03. The average Bonchev–Trinajstić information content (AvgIpc) is 2.80. The third-order valence-corrected chi connectivity index (χ3v) is 7.03. The van der Waals surface area contributed by atoms with Gasteiger partial charge in [-0.15, -0.1) is 0 Å². The normalized spacial score (nSPS) is 24.9. The molecule has 4 atom stereocenters. The summed E-state index contributed by atoms with van der Waals surface area (Å²) in [7, 11) is 1.44. The van der Waals surface area contributed by atoms with Crippen LogP contribution in [0.5, 0.6) is 5.75 Å². The van der Waals surface area contributed by atoms with Gasteiger partial charge >= 0.3 is 0 Å². The van der Waals surface area contributed by atoms with E-state index in [2.05, 4.69) is 11.8 Å². The molecule has 2 aromatic carbocycles. The van der Waals surface area contributed by atoms with Gasteiger partial charge in [-0.05, 0) is 87.0 Å². The molecule has 0 amide bonds. The highest BCUT2D eigenvalue weighted by atomic mass is 19.2. The monoisotopic (exact) mass is 442 g/mol. The van der Waals surface area contributed by atoms with Crippen molar-refractivity contribution < 1.29 is 22.6 Å². The Morgan fingerprint density at radius 2 is 1.59 bits per heavy atom. The van der Waals surface area contributed by atoms with Gasteiger partial charge < -0.3 is 9.47 Å². The summed E-state index contributed by atoms with van der Waals surface area (Å²) in [6.07, 6.45) is 6.35. The maximum absolute atomic E-state index is 15.0. The van der Waals surface area contributed by atoms with Crippen LogP contribution in [0.15, 0.2) is 30.3 Å². The first-order valence-electron chi connectivity index (χ1n) is 11.4. The number of halogens is 3. The van der Waals surface area contributed by atoms with Crippen LogP contribution < -0.4 is 4.74 Å². The van der Waals surface area contributed by atoms with E-state index in [-0.39, 0.29) is 17.0 Å². The lowest BCUT2D eigenvalue weighted by atomic mass is 9.65. The van der Waals surface area contributed by atoms with Crippen LogP contribution in [0.1, 0.15) is 68.1 Å². The maximum Gasteiger partial charge on any atom is 0.174 e. The van der Waals surface area contributed by atoms with E-state index in [1.54, 1.807) is 12.1 Å². The van der Waals surface area contributed by atoms with Crippen molar-refractivity contribution in [3.8, 4) is 17.6 Å². The van der Waals surface area contributed by atoms with Crippen molar-refractivity contribution in [2.75, 3.05) is 13.7 Å². The number of ether oxygens (including phenoxy) is 2. The third kappa shape index (κ3) is 4.81. The lowest BCUT2D eigenvalue weighted by molar-refractivity contribution is -0.00970. The van der Waals surface area contributed by atoms with Crippen LogP contribution in [0.3, 0.4) is 0 Å². The van der Waals surface area contributed by atoms with E-state index in [4.69, 9.17) is 9.47 Å². The SMILES string of the molecule is CCOC1CCC2CC(c3ccc(C#Cc4ccc(OC)cc4F)c(F)c3F)CCC2C1. The number of fused-ring (bicyclic) bond motifs is 1. The molecule has 2 nitrogen and oxygen atoms in total. The summed E-state index contributed by atoms with van der Waals surface area (Å²) in [5, 5.41) is 0. The van der Waals surface area contributed by atoms with E-state index in [9.17, 15) is 13.2 Å². The van der Waals surface area contributed by atoms with Gasteiger partial charge in [-0.25, -0.2) is 13.2 Å². The molecule has 0 radical (unpaired) electrons. The van der Waals surface area contributed by atoms with E-state index >= 15 is 0 Å². The molecule has 0 bridgehead atoms. The van der Waals surface area contributed by atoms with E-state index in [1.807, 2.05) is 6.92 Å². The second kappa shape index (κ2) is 10.0. The predicted octanol–water partition coefficient (Wildman–Crippen LogP) is 6.60. The van der Waals surface area contributed by atoms with Gasteiger partial charge in [0.25, 0.3) is 0 Å². The van der Waals surface area contributed by atoms with Gasteiger partial charge in [0.05, 0.1) is 24.3 Å². The van der Waals surface area contributed by atoms with Crippen LogP contribution in [0.4, 0.5) is 13.2 Å². The molecule has 0 aliphatic heterocycles. The molecule has 2 aromatic rings. The molecule has 32 heavy (non-hydrogen) atoms. The van der Waals surface area contributed by atoms with Gasteiger partial charge in [-0.2, -0.15) is 0 Å². The minimum atomic E-state index is -0.953. The van der Waals surface area contributed by atoms with E-state index in [0.717, 1.165) is 45.1 Å². The fourth-order valence-corrected chi connectivity index (χ4v) is 5.35. The summed E-state index contributed by atoms with van der Waals surface area (Å²) in [6.45, 7) is 2.78. The minimum absolute atomic E-state index is 0.0236. The average molecular weight is 443 g/mol. The Kier molecular flexibility index (Phi) is 7.10. The number of rotatable bonds is 4. The quantitative estimate of drug-likeness (QED) is 0.497. The largest absolute Gasteiger partial charge is 0.497 e. The number of methoxy groups -OCH3 is 1. The van der Waals surface area contributed by atoms with Gasteiger partial charge in [0, 0.05) is 12.7 Å². The van der Waals surface area contributed by atoms with Crippen LogP contribution in [-0.4, -0.2) is 19.8 Å². The van der Waals surface area contributed by atoms with Gasteiger partial charge in [0.15, 0.2) is 11.6 Å². The summed E-state index contributed by atoms with van der Waals surface area (Å²) in [6, 6.07) is 7.42. The first-order chi connectivity index (χ1) is 15.5. The summed E-state index contributed by atoms with van der Waals surface area (Å²) in [4.78, 5) is 0. The lowest BCUT2D eigenvalue weighted by Crippen LogP contribution is -2.34. The van der Waals surface area contributed by atoms with Crippen molar-refractivity contribution in [1.82, 2.24) is 0 Å². The number of hydrogen-bond acceptors (Lipinski definition) is 2. The van der Waals surface area contributed by atoms with Crippen molar-refractivity contribution in [2.24, 2.45) is 11.8 Å². The van der Waals surface area contributed by atoms with Crippen LogP contribution in [0.25, 0.3) is 0 Å². The van der Waals surface area contributed by atoms with Crippen molar-refractivity contribution in [2.45, 2.75) is 57.5 Å². The first-order valence-corrected chi connectivity index (χ1v) is 11.4. The molecular formula is C27H29F3O2. The van der Waals surface area contributed by atoms with Crippen molar-refractivity contribution >= 4 is 0 Å². The molecule has 0 saturated heterocycles. The van der Waals surface area contributed by atoms with E-state index in [1.165, 1.54) is 25.3 Å². The summed E-state index contributed by atoms with van der Waals surface area (Å²) < 4.78 is 54.6. The fraction of sp³-hybridized carbons (Fsp3) is 0.481. The summed E-state index contributed by atoms with van der Waals surface area (Å²) in [5.41, 5.74) is 0.483. The molecule has 4 unspecified atom stereocenters. The molecule has 0 N–H and O–H groups in total. The highest BCUT2D eigenvalue weighted by molar-refractivity contribution is 5.47. The van der Waals surface area contributed by atoms with Crippen LogP contribution in [0.2, 0.25) is 0 Å². The molecule has 2 aliphatic carbocycles. The van der Waals surface area contributed by atoms with Gasteiger partial charge in [-0.1, -0.05) is 17.9 Å². The first kappa shape index (κ1) is 22.7. The molecule has 170 valence electrons. The van der Waals surface area contributed by atoms with Crippen molar-refractivity contribution in [3.05, 3.63) is 64.5 Å². The lowest BCUT2D eigenvalue weighted by Gasteiger charge is -2.42. The molecule has 2 fully saturated rings. The molecule has 2 saturated carbocycles. The Balaban J connectivity index is 1.48. The predicted molar refractivity (Wildman–Crippen MR) is 118 cm³/mol. The second-order valence-electron chi connectivity index (χ2n) is 8.85. The highest BCUT2D eigenvalue weighted by Gasteiger charge is 2.37. The van der Waals surface area contributed by atoms with Gasteiger partial charge in [0.2, 0.25) is 0 Å². The van der Waals surface area contributed by atoms with Crippen molar-refractivity contribution in [1.29, 1.82) is 0 Å². The smallest absolute Gasteiger partial charge is 0.174 e.